The van der Waals surface area contributed by atoms with Gasteiger partial charge in [-0.25, -0.2) is 4.79 Å². The minimum atomic E-state index is -0.304. The Bertz CT molecular complexity index is 721. The molecule has 0 bridgehead atoms. The summed E-state index contributed by atoms with van der Waals surface area (Å²) in [5, 5.41) is 6.02. The zero-order valence-corrected chi connectivity index (χ0v) is 15.8. The third kappa shape index (κ3) is 5.82. The molecular weight excluding hydrogens is 312 g/mol. The van der Waals surface area contributed by atoms with E-state index >= 15 is 0 Å². The second-order valence-corrected chi connectivity index (χ2v) is 7.13. The summed E-state index contributed by atoms with van der Waals surface area (Å²) in [5.74, 6) is 0.856. The van der Waals surface area contributed by atoms with E-state index in [-0.39, 0.29) is 11.6 Å². The van der Waals surface area contributed by atoms with E-state index in [0.717, 1.165) is 35.4 Å². The van der Waals surface area contributed by atoms with Gasteiger partial charge in [-0.2, -0.15) is 0 Å². The van der Waals surface area contributed by atoms with Crippen LogP contribution >= 0.6 is 0 Å². The van der Waals surface area contributed by atoms with Crippen molar-refractivity contribution in [3.63, 3.8) is 0 Å². The van der Waals surface area contributed by atoms with Crippen molar-refractivity contribution in [3.8, 4) is 5.75 Å². The number of amides is 2. The summed E-state index contributed by atoms with van der Waals surface area (Å²) < 4.78 is 5.18. The maximum absolute atomic E-state index is 12.3. The first kappa shape index (κ1) is 18.8. The second kappa shape index (κ2) is 8.06. The minimum Gasteiger partial charge on any atom is -0.497 e. The number of nitrogens with one attached hydrogen (secondary N) is 2. The Hall–Kier alpha value is -2.49. The van der Waals surface area contributed by atoms with Crippen LogP contribution in [0.3, 0.4) is 0 Å². The Morgan fingerprint density at radius 3 is 2.40 bits per heavy atom. The van der Waals surface area contributed by atoms with Crippen molar-refractivity contribution in [2.45, 2.75) is 46.1 Å². The van der Waals surface area contributed by atoms with Crippen LogP contribution in [0.2, 0.25) is 0 Å². The number of rotatable bonds is 6. The van der Waals surface area contributed by atoms with Gasteiger partial charge in [0.25, 0.3) is 0 Å². The van der Waals surface area contributed by atoms with Crippen molar-refractivity contribution in [3.05, 3.63) is 59.2 Å². The quantitative estimate of drug-likeness (QED) is 0.790. The van der Waals surface area contributed by atoms with Gasteiger partial charge in [0.15, 0.2) is 0 Å². The largest absolute Gasteiger partial charge is 0.497 e. The van der Waals surface area contributed by atoms with Crippen LogP contribution in [0.5, 0.6) is 5.75 Å². The normalized spacial score (nSPS) is 11.1. The molecule has 0 aliphatic carbocycles. The highest BCUT2D eigenvalue weighted by molar-refractivity contribution is 5.90. The summed E-state index contributed by atoms with van der Waals surface area (Å²) in [4.78, 5) is 12.3. The molecule has 2 aromatic carbocycles. The van der Waals surface area contributed by atoms with Crippen LogP contribution in [-0.4, -0.2) is 18.7 Å². The van der Waals surface area contributed by atoms with E-state index in [4.69, 9.17) is 4.74 Å². The molecule has 4 heteroatoms. The predicted molar refractivity (Wildman–Crippen MR) is 103 cm³/mol. The van der Waals surface area contributed by atoms with Crippen LogP contribution in [0.1, 0.15) is 37.0 Å². The van der Waals surface area contributed by atoms with Gasteiger partial charge in [-0.15, -0.1) is 0 Å². The molecule has 2 aromatic rings. The average molecular weight is 340 g/mol. The molecule has 2 N–H and O–H groups in total. The van der Waals surface area contributed by atoms with Crippen molar-refractivity contribution < 1.29 is 9.53 Å². The van der Waals surface area contributed by atoms with Gasteiger partial charge in [0.05, 0.1) is 7.11 Å². The van der Waals surface area contributed by atoms with Gasteiger partial charge in [-0.3, -0.25) is 0 Å². The Balaban J connectivity index is 1.90. The smallest absolute Gasteiger partial charge is 0.319 e. The molecule has 0 heterocycles. The molecule has 2 amide bonds. The summed E-state index contributed by atoms with van der Waals surface area (Å²) in [6.45, 7) is 8.09. The van der Waals surface area contributed by atoms with E-state index in [9.17, 15) is 4.79 Å². The minimum absolute atomic E-state index is 0.173. The Kier molecular flexibility index (Phi) is 6.07. The first-order chi connectivity index (χ1) is 11.8. The fourth-order valence-corrected chi connectivity index (χ4v) is 2.64. The Morgan fingerprint density at radius 2 is 1.76 bits per heavy atom. The summed E-state index contributed by atoms with van der Waals surface area (Å²) in [5.41, 5.74) is 3.95. The van der Waals surface area contributed by atoms with Crippen LogP contribution < -0.4 is 15.4 Å². The lowest BCUT2D eigenvalue weighted by Gasteiger charge is -2.27. The fourth-order valence-electron chi connectivity index (χ4n) is 2.64. The first-order valence-corrected chi connectivity index (χ1v) is 8.58. The molecule has 0 fully saturated rings. The summed E-state index contributed by atoms with van der Waals surface area (Å²) >= 11 is 0. The third-order valence-electron chi connectivity index (χ3n) is 4.29. The number of hydrogen-bond donors (Lipinski definition) is 2. The standard InChI is InChI=1S/C21H28N2O2/c1-15-6-7-16(2)19(14-15)22-20(24)23-21(3,4)13-12-17-8-10-18(25-5)11-9-17/h6-11,14H,12-13H2,1-5H3,(H2,22,23,24). The third-order valence-corrected chi connectivity index (χ3v) is 4.29. The molecule has 0 radical (unpaired) electrons. The molecule has 0 aliphatic rings. The highest BCUT2D eigenvalue weighted by Crippen LogP contribution is 2.19. The SMILES string of the molecule is COc1ccc(CCC(C)(C)NC(=O)Nc2cc(C)ccc2C)cc1. The van der Waals surface area contributed by atoms with E-state index in [2.05, 4.69) is 22.8 Å². The Morgan fingerprint density at radius 1 is 1.08 bits per heavy atom. The van der Waals surface area contributed by atoms with Crippen LogP contribution in [0.25, 0.3) is 0 Å². The zero-order valence-electron chi connectivity index (χ0n) is 15.8. The van der Waals surface area contributed by atoms with Crippen molar-refractivity contribution in [2.75, 3.05) is 12.4 Å². The summed E-state index contributed by atoms with van der Waals surface area (Å²) in [6, 6.07) is 13.9. The number of carbonyl (C=O) groups is 1. The van der Waals surface area contributed by atoms with Crippen LogP contribution in [0.4, 0.5) is 10.5 Å². The molecule has 134 valence electrons. The molecule has 0 atom stereocenters. The number of anilines is 1. The van der Waals surface area contributed by atoms with Crippen molar-refractivity contribution in [1.29, 1.82) is 0 Å². The number of urea groups is 1. The number of methoxy groups -OCH3 is 1. The number of hydrogen-bond acceptors (Lipinski definition) is 2. The predicted octanol–water partition coefficient (Wildman–Crippen LogP) is 4.84. The van der Waals surface area contributed by atoms with Crippen molar-refractivity contribution in [1.82, 2.24) is 5.32 Å². The van der Waals surface area contributed by atoms with Crippen molar-refractivity contribution >= 4 is 11.7 Å². The molecule has 0 aliphatic heterocycles. The highest BCUT2D eigenvalue weighted by Gasteiger charge is 2.20. The summed E-state index contributed by atoms with van der Waals surface area (Å²) in [6.07, 6.45) is 1.74. The molecular formula is C21H28N2O2. The average Bonchev–Trinajstić information content (AvgIpc) is 2.56. The highest BCUT2D eigenvalue weighted by atomic mass is 16.5. The van der Waals surface area contributed by atoms with Gasteiger partial charge in [0, 0.05) is 11.2 Å². The monoisotopic (exact) mass is 340 g/mol. The van der Waals surface area contributed by atoms with Gasteiger partial charge < -0.3 is 15.4 Å². The lowest BCUT2D eigenvalue weighted by molar-refractivity contribution is 0.239. The molecule has 0 spiro atoms. The van der Waals surface area contributed by atoms with E-state index in [0.29, 0.717) is 0 Å². The van der Waals surface area contributed by atoms with Gasteiger partial charge in [-0.05, 0) is 75.4 Å². The Labute approximate surface area is 150 Å². The number of ether oxygens (including phenoxy) is 1. The van der Waals surface area contributed by atoms with Crippen molar-refractivity contribution in [2.24, 2.45) is 0 Å². The first-order valence-electron chi connectivity index (χ1n) is 8.58. The lowest BCUT2D eigenvalue weighted by Crippen LogP contribution is -2.45. The van der Waals surface area contributed by atoms with Crippen LogP contribution in [-0.2, 0) is 6.42 Å². The van der Waals surface area contributed by atoms with E-state index < -0.39 is 0 Å². The molecule has 4 nitrogen and oxygen atoms in total. The van der Waals surface area contributed by atoms with Gasteiger partial charge >= 0.3 is 6.03 Å². The molecule has 0 aromatic heterocycles. The zero-order chi connectivity index (χ0) is 18.4. The second-order valence-electron chi connectivity index (χ2n) is 7.13. The molecule has 0 saturated carbocycles. The van der Waals surface area contributed by atoms with Gasteiger partial charge in [0.2, 0.25) is 0 Å². The molecule has 0 saturated heterocycles. The van der Waals surface area contributed by atoms with Crippen LogP contribution in [0.15, 0.2) is 42.5 Å². The molecule has 2 rings (SSSR count). The van der Waals surface area contributed by atoms with E-state index in [1.807, 2.05) is 58.0 Å². The fraction of sp³-hybridized carbons (Fsp3) is 0.381. The number of aryl methyl sites for hydroxylation is 3. The van der Waals surface area contributed by atoms with E-state index in [1.54, 1.807) is 7.11 Å². The summed E-state index contributed by atoms with van der Waals surface area (Å²) in [7, 11) is 1.66. The van der Waals surface area contributed by atoms with Crippen LogP contribution in [0, 0.1) is 13.8 Å². The molecule has 25 heavy (non-hydrogen) atoms. The maximum atomic E-state index is 12.3. The van der Waals surface area contributed by atoms with Gasteiger partial charge in [0.1, 0.15) is 5.75 Å². The number of carbonyl (C=O) groups excluding carboxylic acids is 1. The van der Waals surface area contributed by atoms with Gasteiger partial charge in [-0.1, -0.05) is 24.3 Å². The molecule has 0 unspecified atom stereocenters. The maximum Gasteiger partial charge on any atom is 0.319 e. The topological polar surface area (TPSA) is 50.4 Å². The van der Waals surface area contributed by atoms with E-state index in [1.165, 1.54) is 5.56 Å². The number of benzene rings is 2. The lowest BCUT2D eigenvalue weighted by atomic mass is 9.95.